The minimum Gasteiger partial charge on any atom is -0.349 e. The normalized spacial score (nSPS) is 13.2. The van der Waals surface area contributed by atoms with E-state index in [1.807, 2.05) is 14.1 Å². The zero-order valence-electron chi connectivity index (χ0n) is 9.21. The van der Waals surface area contributed by atoms with Gasteiger partial charge in [-0.05, 0) is 19.3 Å². The van der Waals surface area contributed by atoms with Crippen LogP contribution in [0.15, 0.2) is 12.2 Å². The lowest BCUT2D eigenvalue weighted by molar-refractivity contribution is -0.132. The number of amides is 1. The summed E-state index contributed by atoms with van der Waals surface area (Å²) >= 11 is 0. The molecule has 0 fully saturated rings. The average molecular weight is 183 g/mol. The summed E-state index contributed by atoms with van der Waals surface area (Å²) in [6.45, 7) is 4.16. The van der Waals surface area contributed by atoms with Crippen LogP contribution in [0.25, 0.3) is 0 Å². The minimum atomic E-state index is 0.165. The largest absolute Gasteiger partial charge is 0.349 e. The van der Waals surface area contributed by atoms with Gasteiger partial charge >= 0.3 is 0 Å². The molecule has 2 heteroatoms. The van der Waals surface area contributed by atoms with E-state index < -0.39 is 0 Å². The molecule has 0 aromatic carbocycles. The van der Waals surface area contributed by atoms with Crippen molar-refractivity contribution < 1.29 is 4.79 Å². The van der Waals surface area contributed by atoms with Crippen LogP contribution in [0, 0.1) is 5.92 Å². The maximum atomic E-state index is 11.6. The number of allylic oxidation sites excluding steroid dienone is 2. The van der Waals surface area contributed by atoms with Gasteiger partial charge in [0.1, 0.15) is 0 Å². The van der Waals surface area contributed by atoms with Crippen LogP contribution >= 0.6 is 0 Å². The van der Waals surface area contributed by atoms with Crippen LogP contribution in [-0.2, 0) is 4.79 Å². The van der Waals surface area contributed by atoms with Crippen LogP contribution in [0.2, 0.25) is 0 Å². The quantitative estimate of drug-likeness (QED) is 0.599. The Morgan fingerprint density at radius 2 is 1.92 bits per heavy atom. The molecule has 0 aromatic heterocycles. The number of nitrogens with zero attached hydrogens (tertiary/aromatic N) is 1. The Morgan fingerprint density at radius 3 is 2.31 bits per heavy atom. The molecule has 0 aliphatic rings. The molecule has 0 heterocycles. The Kier molecular flexibility index (Phi) is 6.29. The Bertz CT molecular complexity index is 173. The summed E-state index contributed by atoms with van der Waals surface area (Å²) < 4.78 is 0. The van der Waals surface area contributed by atoms with Gasteiger partial charge in [0.15, 0.2) is 0 Å². The first-order valence-corrected chi connectivity index (χ1v) is 4.99. The van der Waals surface area contributed by atoms with Gasteiger partial charge in [0, 0.05) is 20.0 Å². The van der Waals surface area contributed by atoms with Crippen LogP contribution < -0.4 is 0 Å². The molecule has 0 saturated heterocycles. The van der Waals surface area contributed by atoms with Crippen molar-refractivity contribution in [3.63, 3.8) is 0 Å². The second-order valence-corrected chi connectivity index (χ2v) is 3.45. The van der Waals surface area contributed by atoms with E-state index in [-0.39, 0.29) is 11.8 Å². The van der Waals surface area contributed by atoms with E-state index >= 15 is 0 Å². The van der Waals surface area contributed by atoms with Crippen LogP contribution in [0.4, 0.5) is 0 Å². The summed E-state index contributed by atoms with van der Waals surface area (Å²) in [5.74, 6) is 0.404. The third kappa shape index (κ3) is 4.71. The van der Waals surface area contributed by atoms with Gasteiger partial charge in [-0.1, -0.05) is 26.0 Å². The van der Waals surface area contributed by atoms with Gasteiger partial charge in [0.05, 0.1) is 0 Å². The summed E-state index contributed by atoms with van der Waals surface area (Å²) in [5, 5.41) is 0. The van der Waals surface area contributed by atoms with Crippen LogP contribution in [0.5, 0.6) is 0 Å². The lowest BCUT2D eigenvalue weighted by Crippen LogP contribution is -2.28. The van der Waals surface area contributed by atoms with Crippen molar-refractivity contribution >= 4 is 5.91 Å². The van der Waals surface area contributed by atoms with Gasteiger partial charge in [0.2, 0.25) is 5.91 Å². The summed E-state index contributed by atoms with van der Waals surface area (Å²) in [5.41, 5.74) is 0. The Labute approximate surface area is 81.6 Å². The molecule has 0 rings (SSSR count). The first kappa shape index (κ1) is 12.2. The van der Waals surface area contributed by atoms with Crippen molar-refractivity contribution in [2.45, 2.75) is 33.1 Å². The predicted octanol–water partition coefficient (Wildman–Crippen LogP) is 2.46. The molecule has 1 amide bonds. The fraction of sp³-hybridized carbons (Fsp3) is 0.727. The van der Waals surface area contributed by atoms with E-state index in [4.69, 9.17) is 0 Å². The SMILES string of the molecule is CCC=CCC(CC)C(=O)N(C)C. The van der Waals surface area contributed by atoms with Crippen LogP contribution in [0.3, 0.4) is 0 Å². The highest BCUT2D eigenvalue weighted by atomic mass is 16.2. The summed E-state index contributed by atoms with van der Waals surface area (Å²) in [6, 6.07) is 0. The molecule has 1 unspecified atom stereocenters. The average Bonchev–Trinajstić information content (AvgIpc) is 2.11. The third-order valence-corrected chi connectivity index (χ3v) is 2.11. The van der Waals surface area contributed by atoms with Crippen molar-refractivity contribution in [1.29, 1.82) is 0 Å². The molecular formula is C11H21NO. The zero-order chi connectivity index (χ0) is 10.3. The molecule has 0 aliphatic heterocycles. The van der Waals surface area contributed by atoms with Crippen molar-refractivity contribution in [3.05, 3.63) is 12.2 Å². The highest BCUT2D eigenvalue weighted by Crippen LogP contribution is 2.11. The van der Waals surface area contributed by atoms with Crippen LogP contribution in [0.1, 0.15) is 33.1 Å². The molecule has 0 spiro atoms. The van der Waals surface area contributed by atoms with Gasteiger partial charge in [-0.25, -0.2) is 0 Å². The molecule has 1 atom stereocenters. The Balaban J connectivity index is 4.02. The maximum Gasteiger partial charge on any atom is 0.225 e. The van der Waals surface area contributed by atoms with E-state index in [1.165, 1.54) is 0 Å². The molecular weight excluding hydrogens is 162 g/mol. The predicted molar refractivity (Wildman–Crippen MR) is 56.5 cm³/mol. The topological polar surface area (TPSA) is 20.3 Å². The van der Waals surface area contributed by atoms with Crippen molar-refractivity contribution in [2.75, 3.05) is 14.1 Å². The van der Waals surface area contributed by atoms with E-state index in [2.05, 4.69) is 26.0 Å². The second-order valence-electron chi connectivity index (χ2n) is 3.45. The first-order chi connectivity index (χ1) is 6.13. The van der Waals surface area contributed by atoms with Gasteiger partial charge in [-0.2, -0.15) is 0 Å². The van der Waals surface area contributed by atoms with Gasteiger partial charge in [-0.15, -0.1) is 0 Å². The number of carbonyl (C=O) groups excluding carboxylic acids is 1. The van der Waals surface area contributed by atoms with E-state index in [1.54, 1.807) is 4.90 Å². The van der Waals surface area contributed by atoms with E-state index in [0.717, 1.165) is 19.3 Å². The third-order valence-electron chi connectivity index (χ3n) is 2.11. The Morgan fingerprint density at radius 1 is 1.31 bits per heavy atom. The monoisotopic (exact) mass is 183 g/mol. The fourth-order valence-corrected chi connectivity index (χ4v) is 1.23. The number of hydrogen-bond donors (Lipinski definition) is 0. The Hall–Kier alpha value is -0.790. The molecule has 13 heavy (non-hydrogen) atoms. The second kappa shape index (κ2) is 6.70. The fourth-order valence-electron chi connectivity index (χ4n) is 1.23. The number of carbonyl (C=O) groups is 1. The number of rotatable bonds is 5. The highest BCUT2D eigenvalue weighted by Gasteiger charge is 2.15. The lowest BCUT2D eigenvalue weighted by atomic mass is 10.0. The van der Waals surface area contributed by atoms with E-state index in [0.29, 0.717) is 0 Å². The van der Waals surface area contributed by atoms with Crippen LogP contribution in [-0.4, -0.2) is 24.9 Å². The first-order valence-electron chi connectivity index (χ1n) is 4.99. The maximum absolute atomic E-state index is 11.6. The molecule has 2 nitrogen and oxygen atoms in total. The van der Waals surface area contributed by atoms with Crippen molar-refractivity contribution in [3.8, 4) is 0 Å². The molecule has 0 aromatic rings. The molecule has 0 N–H and O–H groups in total. The standard InChI is InChI=1S/C11H21NO/c1-5-7-8-9-10(6-2)11(13)12(3)4/h7-8,10H,5-6,9H2,1-4H3. The summed E-state index contributed by atoms with van der Waals surface area (Å²) in [7, 11) is 3.63. The summed E-state index contributed by atoms with van der Waals surface area (Å²) in [6.07, 6.45) is 7.07. The van der Waals surface area contributed by atoms with Crippen molar-refractivity contribution in [1.82, 2.24) is 4.90 Å². The molecule has 0 radical (unpaired) electrons. The molecule has 76 valence electrons. The minimum absolute atomic E-state index is 0.165. The van der Waals surface area contributed by atoms with Gasteiger partial charge in [-0.3, -0.25) is 4.79 Å². The van der Waals surface area contributed by atoms with E-state index in [9.17, 15) is 4.79 Å². The smallest absolute Gasteiger partial charge is 0.225 e. The lowest BCUT2D eigenvalue weighted by Gasteiger charge is -2.17. The van der Waals surface area contributed by atoms with Gasteiger partial charge < -0.3 is 4.90 Å². The summed E-state index contributed by atoms with van der Waals surface area (Å²) in [4.78, 5) is 13.2. The molecule has 0 bridgehead atoms. The molecule has 0 aliphatic carbocycles. The van der Waals surface area contributed by atoms with Gasteiger partial charge in [0.25, 0.3) is 0 Å². The van der Waals surface area contributed by atoms with Crippen molar-refractivity contribution in [2.24, 2.45) is 5.92 Å². The number of hydrogen-bond acceptors (Lipinski definition) is 1. The molecule has 0 saturated carbocycles. The zero-order valence-corrected chi connectivity index (χ0v) is 9.21. The highest BCUT2D eigenvalue weighted by molar-refractivity contribution is 5.78.